The smallest absolute Gasteiger partial charge is 0.475 e. The first-order chi connectivity index (χ1) is 34.2. The summed E-state index contributed by atoms with van der Waals surface area (Å²) in [5.41, 5.74) is 1.19. The number of nitriles is 1. The number of halogens is 17. The molecule has 3 aliphatic rings. The molecule has 3 aliphatic heterocycles. The number of hydrogen-bond acceptors (Lipinski definition) is 13. The summed E-state index contributed by atoms with van der Waals surface area (Å²) in [6.45, 7) is 0.944. The molecule has 75 heavy (non-hydrogen) atoms. The molecule has 0 unspecified atom stereocenters. The lowest BCUT2D eigenvalue weighted by Gasteiger charge is -2.53. The number of likely N-dealkylation sites (tertiary alicyclic amines) is 3. The number of aliphatic carboxylic acids is 4. The maximum atomic E-state index is 13.7. The molecule has 4 aromatic rings. The number of carboxylic acid groups (broad SMARTS) is 4. The molecule has 7 rings (SSSR count). The van der Waals surface area contributed by atoms with Crippen LogP contribution in [0, 0.1) is 11.3 Å². The van der Waals surface area contributed by atoms with Crippen LogP contribution in [0.25, 0.3) is 22.3 Å². The molecule has 0 saturated carbocycles. The minimum atomic E-state index is -5.08. The number of aromatic amines is 1. The molecule has 0 radical (unpaired) electrons. The molecular weight excluding hydrogens is 1080 g/mol. The molecule has 5 N–H and O–H groups in total. The second kappa shape index (κ2) is 23.8. The average Bonchev–Trinajstić information content (AvgIpc) is 4.04. The third-order valence-electron chi connectivity index (χ3n) is 10.2. The van der Waals surface area contributed by atoms with E-state index in [1.165, 1.54) is 22.2 Å². The predicted octanol–water partition coefficient (Wildman–Crippen LogP) is 6.23. The third kappa shape index (κ3) is 17.8. The van der Waals surface area contributed by atoms with E-state index in [0.29, 0.717) is 44.7 Å². The molecule has 3 saturated heterocycles. The van der Waals surface area contributed by atoms with Crippen LogP contribution in [0.2, 0.25) is 0 Å². The highest BCUT2D eigenvalue weighted by Gasteiger charge is 2.49. The van der Waals surface area contributed by atoms with Gasteiger partial charge in [-0.05, 0) is 25.0 Å². The molecule has 0 aliphatic carbocycles. The molecule has 0 bridgehead atoms. The Morgan fingerprint density at radius 1 is 0.747 bits per heavy atom. The van der Waals surface area contributed by atoms with Gasteiger partial charge >= 0.3 is 54.8 Å². The van der Waals surface area contributed by atoms with Crippen LogP contribution in [-0.2, 0) is 37.4 Å². The van der Waals surface area contributed by atoms with E-state index in [0.717, 1.165) is 16.6 Å². The summed E-state index contributed by atoms with van der Waals surface area (Å²) in [4.78, 5) is 72.8. The first kappa shape index (κ1) is 61.8. The lowest BCUT2D eigenvalue weighted by molar-refractivity contribution is -0.193. The van der Waals surface area contributed by atoms with Crippen molar-refractivity contribution >= 4 is 40.8 Å². The van der Waals surface area contributed by atoms with Gasteiger partial charge in [-0.15, -0.1) is 0 Å². The minimum Gasteiger partial charge on any atom is -0.475 e. The Morgan fingerprint density at radius 2 is 1.25 bits per heavy atom. The number of carbonyl (C=O) groups excluding carboxylic acids is 1. The Hall–Kier alpha value is -7.52. The fourth-order valence-corrected chi connectivity index (χ4v) is 6.84. The molecular formula is C38H34F17N11O9. The fraction of sp³-hybridized carbons (Fsp3) is 0.500. The van der Waals surface area contributed by atoms with Crippen LogP contribution in [-0.4, -0.2) is 176 Å². The molecule has 0 aromatic carbocycles. The zero-order valence-corrected chi connectivity index (χ0v) is 37.0. The van der Waals surface area contributed by atoms with Crippen LogP contribution in [0.4, 0.5) is 74.6 Å². The number of piperidine rings is 1. The monoisotopic (exact) mass is 1110 g/mol. The van der Waals surface area contributed by atoms with Gasteiger partial charge in [0.05, 0.1) is 36.6 Å². The summed E-state index contributed by atoms with van der Waals surface area (Å²) in [6.07, 6.45) is -17.3. The summed E-state index contributed by atoms with van der Waals surface area (Å²) < 4.78 is 197. The Bertz CT molecular complexity index is 2590. The number of aromatic nitrogens is 7. The summed E-state index contributed by atoms with van der Waals surface area (Å²) in [5, 5.41) is 43.6. The number of H-pyrrole nitrogens is 1. The van der Waals surface area contributed by atoms with Crippen molar-refractivity contribution in [2.24, 2.45) is 0 Å². The van der Waals surface area contributed by atoms with E-state index in [2.05, 4.69) is 41.0 Å². The lowest BCUT2D eigenvalue weighted by atomic mass is 9.83. The zero-order valence-electron chi connectivity index (χ0n) is 37.0. The van der Waals surface area contributed by atoms with Gasteiger partial charge in [-0.3, -0.25) is 19.3 Å². The number of hydrogen-bond donors (Lipinski definition) is 5. The van der Waals surface area contributed by atoms with Crippen LogP contribution in [0.15, 0.2) is 37.1 Å². The Balaban J connectivity index is 0.000000432. The van der Waals surface area contributed by atoms with Gasteiger partial charge in [-0.2, -0.15) is 76.2 Å². The predicted molar refractivity (Wildman–Crippen MR) is 210 cm³/mol. The largest absolute Gasteiger partial charge is 0.490 e. The standard InChI is InChI=1S/C30H30F5N11O.4C2HF3O2/c31-29(32)5-10-43(17-29)14-20-11-23(42-27(41-20)30(33,34)35)26(47)44-8-2-21(3-9-44)45-15-28(16-45,4-6-36)46-13-19(12-40-46)24-22-1-7-37-25(22)39-18-38-24;4*3-2(4,5)1(6)7/h1,7,11-13,18,21H,2-5,8-10,14-17H2,(H,37,38,39);4*(H,6,7). The summed E-state index contributed by atoms with van der Waals surface area (Å²) >= 11 is 0. The number of nitrogens with zero attached hydrogens (tertiary/aromatic N) is 10. The normalized spacial score (nSPS) is 17.0. The van der Waals surface area contributed by atoms with Crippen molar-refractivity contribution in [1.82, 2.24) is 49.4 Å². The Labute approximate surface area is 406 Å². The van der Waals surface area contributed by atoms with Gasteiger partial charge in [0.1, 0.15) is 23.2 Å². The van der Waals surface area contributed by atoms with Gasteiger partial charge in [0.2, 0.25) is 5.82 Å². The fourth-order valence-electron chi connectivity index (χ4n) is 6.84. The summed E-state index contributed by atoms with van der Waals surface area (Å²) in [7, 11) is 0. The van der Waals surface area contributed by atoms with E-state index in [1.807, 2.05) is 16.9 Å². The second-order valence-corrected chi connectivity index (χ2v) is 15.7. The Morgan fingerprint density at radius 3 is 1.69 bits per heavy atom. The summed E-state index contributed by atoms with van der Waals surface area (Å²) in [5.74, 6) is -16.1. The van der Waals surface area contributed by atoms with E-state index in [-0.39, 0.29) is 37.7 Å². The van der Waals surface area contributed by atoms with E-state index in [4.69, 9.17) is 39.6 Å². The molecule has 4 aromatic heterocycles. The van der Waals surface area contributed by atoms with Gasteiger partial charge in [-0.1, -0.05) is 0 Å². The van der Waals surface area contributed by atoms with Crippen molar-refractivity contribution in [1.29, 1.82) is 5.26 Å². The van der Waals surface area contributed by atoms with Crippen LogP contribution >= 0.6 is 0 Å². The molecule has 3 fully saturated rings. The van der Waals surface area contributed by atoms with Gasteiger partial charge in [0.15, 0.2) is 0 Å². The van der Waals surface area contributed by atoms with E-state index >= 15 is 0 Å². The molecule has 0 atom stereocenters. The second-order valence-electron chi connectivity index (χ2n) is 15.7. The number of carbonyl (C=O) groups is 5. The van der Waals surface area contributed by atoms with Gasteiger partial charge in [0.25, 0.3) is 11.8 Å². The first-order valence-electron chi connectivity index (χ1n) is 20.2. The van der Waals surface area contributed by atoms with E-state index in [9.17, 15) is 84.7 Å². The van der Waals surface area contributed by atoms with Crippen molar-refractivity contribution < 1.29 is 119 Å². The lowest BCUT2D eigenvalue weighted by Crippen LogP contribution is -2.66. The van der Waals surface area contributed by atoms with Crippen LogP contribution in [0.1, 0.15) is 47.7 Å². The number of amides is 1. The van der Waals surface area contributed by atoms with Crippen LogP contribution in [0.3, 0.4) is 0 Å². The number of carboxylic acids is 4. The number of nitrogens with one attached hydrogen (secondary N) is 1. The van der Waals surface area contributed by atoms with Crippen molar-refractivity contribution in [3.63, 3.8) is 0 Å². The van der Waals surface area contributed by atoms with Gasteiger partial charge in [0, 0.05) is 75.1 Å². The highest BCUT2D eigenvalue weighted by Crippen LogP contribution is 2.38. The van der Waals surface area contributed by atoms with Gasteiger partial charge in [-0.25, -0.2) is 47.9 Å². The highest BCUT2D eigenvalue weighted by molar-refractivity contribution is 5.92. The molecule has 1 amide bonds. The SMILES string of the molecule is N#CCC1(n2cc(-c3ncnc4[nH]ccc34)cn2)CN(C2CCN(C(=O)c3cc(CN4CCC(F)(F)C4)nc(C(F)(F)F)n3)CC2)C1.O=C(O)C(F)(F)F.O=C(O)C(F)(F)F.O=C(O)C(F)(F)F.O=C(O)C(F)(F)F. The van der Waals surface area contributed by atoms with Crippen molar-refractivity contribution in [2.75, 3.05) is 39.3 Å². The maximum absolute atomic E-state index is 13.7. The molecule has 0 spiro atoms. The van der Waals surface area contributed by atoms with E-state index < -0.39 is 90.2 Å². The topological polar surface area (TPSA) is 285 Å². The van der Waals surface area contributed by atoms with E-state index in [1.54, 1.807) is 12.4 Å². The van der Waals surface area contributed by atoms with Gasteiger partial charge < -0.3 is 30.3 Å². The Kier molecular flexibility index (Phi) is 19.6. The molecule has 7 heterocycles. The van der Waals surface area contributed by atoms with Crippen LogP contribution < -0.4 is 0 Å². The maximum Gasteiger partial charge on any atom is 0.490 e. The number of fused-ring (bicyclic) bond motifs is 1. The van der Waals surface area contributed by atoms with Crippen LogP contribution in [0.5, 0.6) is 0 Å². The highest BCUT2D eigenvalue weighted by atomic mass is 19.4. The minimum absolute atomic E-state index is 0.0158. The number of alkyl halides is 17. The quantitative estimate of drug-likeness (QED) is 0.128. The zero-order chi connectivity index (χ0) is 57.3. The van der Waals surface area contributed by atoms with Crippen molar-refractivity contribution in [2.45, 2.75) is 80.6 Å². The summed E-state index contributed by atoms with van der Waals surface area (Å²) in [6, 6.07) is 5.46. The van der Waals surface area contributed by atoms with Crippen molar-refractivity contribution in [3.8, 4) is 17.3 Å². The first-order valence-corrected chi connectivity index (χ1v) is 20.2. The molecule has 20 nitrogen and oxygen atoms in total. The molecule has 414 valence electrons. The number of rotatable bonds is 7. The average molecular weight is 1110 g/mol. The third-order valence-corrected chi connectivity index (χ3v) is 10.2. The molecule has 37 heteroatoms. The van der Waals surface area contributed by atoms with Crippen molar-refractivity contribution in [3.05, 3.63) is 54.3 Å².